The lowest BCUT2D eigenvalue weighted by Gasteiger charge is -2.08. The van der Waals surface area contributed by atoms with E-state index in [2.05, 4.69) is 11.8 Å². The van der Waals surface area contributed by atoms with Gasteiger partial charge in [0.1, 0.15) is 6.61 Å². The molecule has 0 radical (unpaired) electrons. The fraction of sp³-hybridized carbons (Fsp3) is 0.562. The summed E-state index contributed by atoms with van der Waals surface area (Å²) < 4.78 is 5.44. The molecule has 1 aromatic rings. The highest BCUT2D eigenvalue weighted by Crippen LogP contribution is 2.08. The van der Waals surface area contributed by atoms with Gasteiger partial charge in [0.05, 0.1) is 6.61 Å². The van der Waals surface area contributed by atoms with Crippen LogP contribution in [-0.2, 0) is 16.2 Å². The van der Waals surface area contributed by atoms with Gasteiger partial charge in [0.25, 0.3) is 0 Å². The number of hydrogen-bond acceptors (Lipinski definition) is 4. The number of benzene rings is 1. The molecule has 0 saturated carbocycles. The summed E-state index contributed by atoms with van der Waals surface area (Å²) in [6.45, 7) is 2.97. The maximum absolute atomic E-state index is 8.35. The molecule has 4 nitrogen and oxygen atoms in total. The van der Waals surface area contributed by atoms with Gasteiger partial charge in [0, 0.05) is 5.56 Å². The van der Waals surface area contributed by atoms with Crippen molar-refractivity contribution in [3.8, 4) is 0 Å². The van der Waals surface area contributed by atoms with Crippen molar-refractivity contribution in [2.24, 2.45) is 0 Å². The van der Waals surface area contributed by atoms with E-state index in [1.54, 1.807) is 12.1 Å². The zero-order chi connectivity index (χ0) is 14.6. The number of rotatable bonds is 10. The van der Waals surface area contributed by atoms with Gasteiger partial charge in [0.2, 0.25) is 5.90 Å². The maximum atomic E-state index is 8.35. The molecule has 0 aliphatic rings. The molecule has 0 aromatic heterocycles. The van der Waals surface area contributed by atoms with Crippen LogP contribution < -0.4 is 0 Å². The summed E-state index contributed by atoms with van der Waals surface area (Å²) in [6, 6.07) is 7.23. The van der Waals surface area contributed by atoms with Gasteiger partial charge in [-0.25, -0.2) is 4.89 Å². The second-order valence-electron chi connectivity index (χ2n) is 4.92. The lowest BCUT2D eigenvalue weighted by Crippen LogP contribution is -2.06. The Kier molecular flexibility index (Phi) is 8.67. The highest BCUT2D eigenvalue weighted by Gasteiger charge is 2.03. The first-order valence-corrected chi connectivity index (χ1v) is 7.35. The Hall–Kier alpha value is -1.39. The summed E-state index contributed by atoms with van der Waals surface area (Å²) in [5.41, 5.74) is 1.61. The summed E-state index contributed by atoms with van der Waals surface area (Å²) in [5, 5.41) is 16.2. The van der Waals surface area contributed by atoms with Crippen molar-refractivity contribution in [3.63, 3.8) is 0 Å². The van der Waals surface area contributed by atoms with E-state index in [1.165, 1.54) is 32.1 Å². The summed E-state index contributed by atoms with van der Waals surface area (Å²) >= 11 is 0. The summed E-state index contributed by atoms with van der Waals surface area (Å²) in [7, 11) is 0. The number of unbranched alkanes of at least 4 members (excludes halogenated alkanes) is 5. The van der Waals surface area contributed by atoms with Gasteiger partial charge < -0.3 is 4.74 Å². The Labute approximate surface area is 121 Å². The van der Waals surface area contributed by atoms with Crippen LogP contribution in [0.5, 0.6) is 0 Å². The zero-order valence-corrected chi connectivity index (χ0v) is 12.2. The third-order valence-electron chi connectivity index (χ3n) is 3.19. The molecule has 112 valence electrons. The first kappa shape index (κ1) is 16.7. The molecule has 0 aliphatic carbocycles. The molecular weight excluding hydrogens is 254 g/mol. The SMILES string of the molecule is CCCCCCCCOC(=N)c1ccc(COO)cc1. The van der Waals surface area contributed by atoms with Crippen molar-refractivity contribution < 1.29 is 14.9 Å². The Morgan fingerprint density at radius 3 is 2.35 bits per heavy atom. The third kappa shape index (κ3) is 6.68. The van der Waals surface area contributed by atoms with Crippen LogP contribution in [0.1, 0.15) is 56.6 Å². The van der Waals surface area contributed by atoms with Crippen LogP contribution in [0.25, 0.3) is 0 Å². The van der Waals surface area contributed by atoms with Crippen molar-refractivity contribution in [2.45, 2.75) is 52.1 Å². The number of hydrogen-bond donors (Lipinski definition) is 2. The maximum Gasteiger partial charge on any atom is 0.213 e. The number of nitrogens with one attached hydrogen (secondary N) is 1. The summed E-state index contributed by atoms with van der Waals surface area (Å²) in [6.07, 6.45) is 7.28. The molecule has 2 N–H and O–H groups in total. The topological polar surface area (TPSA) is 62.5 Å². The molecule has 0 bridgehead atoms. The van der Waals surface area contributed by atoms with Crippen LogP contribution in [-0.4, -0.2) is 17.8 Å². The number of ether oxygens (including phenoxy) is 1. The van der Waals surface area contributed by atoms with Gasteiger partial charge in [-0.2, -0.15) is 0 Å². The highest BCUT2D eigenvalue weighted by molar-refractivity contribution is 5.91. The first-order chi connectivity index (χ1) is 9.77. The fourth-order valence-corrected chi connectivity index (χ4v) is 1.97. The highest BCUT2D eigenvalue weighted by atomic mass is 17.1. The molecule has 0 spiro atoms. The Morgan fingerprint density at radius 1 is 1.05 bits per heavy atom. The van der Waals surface area contributed by atoms with Crippen molar-refractivity contribution >= 4 is 5.90 Å². The van der Waals surface area contributed by atoms with Crippen molar-refractivity contribution in [1.82, 2.24) is 0 Å². The Balaban J connectivity index is 2.18. The van der Waals surface area contributed by atoms with E-state index in [9.17, 15) is 0 Å². The molecule has 0 unspecified atom stereocenters. The van der Waals surface area contributed by atoms with Gasteiger partial charge in [-0.15, -0.1) is 0 Å². The molecule has 0 heterocycles. The smallest absolute Gasteiger partial charge is 0.213 e. The normalized spacial score (nSPS) is 10.5. The van der Waals surface area contributed by atoms with E-state index in [0.29, 0.717) is 6.61 Å². The van der Waals surface area contributed by atoms with E-state index in [0.717, 1.165) is 17.5 Å². The van der Waals surface area contributed by atoms with Crippen molar-refractivity contribution in [1.29, 1.82) is 5.41 Å². The van der Waals surface area contributed by atoms with E-state index in [-0.39, 0.29) is 12.5 Å². The third-order valence-corrected chi connectivity index (χ3v) is 3.19. The van der Waals surface area contributed by atoms with Crippen LogP contribution in [0.2, 0.25) is 0 Å². The minimum absolute atomic E-state index is 0.159. The first-order valence-electron chi connectivity index (χ1n) is 7.35. The van der Waals surface area contributed by atoms with Crippen molar-refractivity contribution in [2.75, 3.05) is 6.61 Å². The predicted octanol–water partition coefficient (Wildman–Crippen LogP) is 4.38. The second-order valence-corrected chi connectivity index (χ2v) is 4.92. The molecular formula is C16H25NO3. The van der Waals surface area contributed by atoms with Crippen LogP contribution in [0.3, 0.4) is 0 Å². The van der Waals surface area contributed by atoms with E-state index in [1.807, 2.05) is 12.1 Å². The standard InChI is InChI=1S/C16H25NO3/c1-2-3-4-5-6-7-12-19-16(17)15-10-8-14(9-11-15)13-20-18/h8-11,17-18H,2-7,12-13H2,1H3. The van der Waals surface area contributed by atoms with E-state index < -0.39 is 0 Å². The molecule has 1 aromatic carbocycles. The molecule has 0 amide bonds. The van der Waals surface area contributed by atoms with Crippen LogP contribution in [0.4, 0.5) is 0 Å². The Morgan fingerprint density at radius 2 is 1.70 bits per heavy atom. The predicted molar refractivity (Wildman–Crippen MR) is 80.0 cm³/mol. The zero-order valence-electron chi connectivity index (χ0n) is 12.2. The van der Waals surface area contributed by atoms with E-state index in [4.69, 9.17) is 15.4 Å². The molecule has 0 aliphatic heterocycles. The molecule has 1 rings (SSSR count). The van der Waals surface area contributed by atoms with Gasteiger partial charge >= 0.3 is 0 Å². The van der Waals surface area contributed by atoms with Gasteiger partial charge in [-0.1, -0.05) is 51.2 Å². The van der Waals surface area contributed by atoms with Gasteiger partial charge in [-0.3, -0.25) is 10.7 Å². The summed E-state index contributed by atoms with van der Waals surface area (Å²) in [5.74, 6) is 0.204. The molecule has 0 saturated heterocycles. The minimum Gasteiger partial charge on any atom is -0.478 e. The van der Waals surface area contributed by atoms with Crippen molar-refractivity contribution in [3.05, 3.63) is 35.4 Å². The van der Waals surface area contributed by atoms with Gasteiger partial charge in [-0.05, 0) is 24.1 Å². The van der Waals surface area contributed by atoms with Crippen LogP contribution in [0.15, 0.2) is 24.3 Å². The largest absolute Gasteiger partial charge is 0.478 e. The lowest BCUT2D eigenvalue weighted by atomic mass is 10.1. The second kappa shape index (κ2) is 10.4. The quantitative estimate of drug-likeness (QED) is 0.220. The molecule has 20 heavy (non-hydrogen) atoms. The average molecular weight is 279 g/mol. The Bertz CT molecular complexity index is 376. The van der Waals surface area contributed by atoms with Crippen LogP contribution in [0, 0.1) is 5.41 Å². The minimum atomic E-state index is 0.159. The average Bonchev–Trinajstić information content (AvgIpc) is 2.47. The van der Waals surface area contributed by atoms with Crippen LogP contribution >= 0.6 is 0 Å². The molecule has 4 heteroatoms. The fourth-order valence-electron chi connectivity index (χ4n) is 1.97. The summed E-state index contributed by atoms with van der Waals surface area (Å²) in [4.78, 5) is 4.06. The monoisotopic (exact) mass is 279 g/mol. The van der Waals surface area contributed by atoms with Gasteiger partial charge in [0.15, 0.2) is 0 Å². The molecule has 0 atom stereocenters. The molecule has 0 fully saturated rings. The lowest BCUT2D eigenvalue weighted by molar-refractivity contribution is -0.253. The van der Waals surface area contributed by atoms with E-state index >= 15 is 0 Å².